The second-order valence-corrected chi connectivity index (χ2v) is 4.80. The van der Waals surface area contributed by atoms with Gasteiger partial charge in [0.1, 0.15) is 5.84 Å². The van der Waals surface area contributed by atoms with E-state index in [0.29, 0.717) is 18.3 Å². The molecule has 0 unspecified atom stereocenters. The first-order valence-corrected chi connectivity index (χ1v) is 6.70. The van der Waals surface area contributed by atoms with Crippen molar-refractivity contribution < 1.29 is 5.21 Å². The summed E-state index contributed by atoms with van der Waals surface area (Å²) in [6.07, 6.45) is 3.94. The molecule has 15 heavy (non-hydrogen) atoms. The van der Waals surface area contributed by atoms with E-state index in [9.17, 15) is 0 Å². The fourth-order valence-corrected chi connectivity index (χ4v) is 1.77. The third kappa shape index (κ3) is 7.50. The van der Waals surface area contributed by atoms with Gasteiger partial charge in [0.15, 0.2) is 0 Å². The Morgan fingerprint density at radius 1 is 1.47 bits per heavy atom. The number of hydrogen-bond acceptors (Lipinski definition) is 4. The largest absolute Gasteiger partial charge is 0.409 e. The summed E-state index contributed by atoms with van der Waals surface area (Å²) < 4.78 is 0. The van der Waals surface area contributed by atoms with E-state index in [1.165, 1.54) is 12.2 Å². The molecule has 0 radical (unpaired) electrons. The Morgan fingerprint density at radius 2 is 2.13 bits per heavy atom. The molecule has 3 N–H and O–H groups in total. The predicted octanol–water partition coefficient (Wildman–Crippen LogP) is 1.59. The predicted molar refractivity (Wildman–Crippen MR) is 67.7 cm³/mol. The van der Waals surface area contributed by atoms with Crippen LogP contribution >= 0.6 is 11.8 Å². The van der Waals surface area contributed by atoms with Crippen molar-refractivity contribution in [3.8, 4) is 0 Å². The smallest absolute Gasteiger partial charge is 0.140 e. The van der Waals surface area contributed by atoms with Crippen LogP contribution in [0.3, 0.4) is 0 Å². The zero-order chi connectivity index (χ0) is 11.7. The molecule has 90 valence electrons. The molecule has 0 bridgehead atoms. The molecule has 4 nitrogen and oxygen atoms in total. The van der Waals surface area contributed by atoms with E-state index in [1.54, 1.807) is 0 Å². The fourth-order valence-electron chi connectivity index (χ4n) is 1.35. The van der Waals surface area contributed by atoms with Crippen molar-refractivity contribution in [2.75, 3.05) is 25.1 Å². The number of nitrogens with zero attached hydrogens (tertiary/aromatic N) is 2. The zero-order valence-corrected chi connectivity index (χ0v) is 10.8. The molecule has 0 aromatic rings. The summed E-state index contributed by atoms with van der Waals surface area (Å²) >= 11 is 1.87. The van der Waals surface area contributed by atoms with Crippen LogP contribution in [-0.4, -0.2) is 47.1 Å². The molecule has 0 saturated heterocycles. The Balaban J connectivity index is 3.83. The van der Waals surface area contributed by atoms with Crippen LogP contribution in [0.15, 0.2) is 5.16 Å². The Labute approximate surface area is 96.9 Å². The van der Waals surface area contributed by atoms with E-state index in [-0.39, 0.29) is 0 Å². The summed E-state index contributed by atoms with van der Waals surface area (Å²) in [5, 5.41) is 11.4. The van der Waals surface area contributed by atoms with Crippen LogP contribution in [-0.2, 0) is 0 Å². The van der Waals surface area contributed by atoms with Gasteiger partial charge < -0.3 is 15.8 Å². The van der Waals surface area contributed by atoms with Gasteiger partial charge in [-0.25, -0.2) is 0 Å². The number of nitrogens with two attached hydrogens (primary N) is 1. The first kappa shape index (κ1) is 14.6. The second kappa shape index (κ2) is 8.85. The van der Waals surface area contributed by atoms with Crippen LogP contribution in [0.1, 0.15) is 26.7 Å². The van der Waals surface area contributed by atoms with Crippen molar-refractivity contribution in [3.63, 3.8) is 0 Å². The van der Waals surface area contributed by atoms with Gasteiger partial charge in [-0.3, -0.25) is 0 Å². The van der Waals surface area contributed by atoms with Crippen molar-refractivity contribution in [1.29, 1.82) is 0 Å². The van der Waals surface area contributed by atoms with Crippen molar-refractivity contribution >= 4 is 17.6 Å². The Bertz CT molecular complexity index is 186. The molecule has 0 saturated carbocycles. The Kier molecular flexibility index (Phi) is 8.61. The Morgan fingerprint density at radius 3 is 2.60 bits per heavy atom. The minimum absolute atomic E-state index is 0.311. The highest BCUT2D eigenvalue weighted by atomic mass is 32.2. The monoisotopic (exact) mass is 233 g/mol. The summed E-state index contributed by atoms with van der Waals surface area (Å²) in [5.41, 5.74) is 5.45. The van der Waals surface area contributed by atoms with Gasteiger partial charge in [0.05, 0.1) is 0 Å². The number of amidine groups is 1. The van der Waals surface area contributed by atoms with Gasteiger partial charge in [-0.1, -0.05) is 5.16 Å². The number of rotatable bonds is 8. The summed E-state index contributed by atoms with van der Waals surface area (Å²) in [7, 11) is 0. The van der Waals surface area contributed by atoms with Crippen LogP contribution in [0.4, 0.5) is 0 Å². The first-order valence-electron chi connectivity index (χ1n) is 5.31. The lowest BCUT2D eigenvalue weighted by atomic mass is 10.2. The van der Waals surface area contributed by atoms with Gasteiger partial charge in [-0.05, 0) is 38.8 Å². The summed E-state index contributed by atoms with van der Waals surface area (Å²) in [6, 6.07) is 0.512. The average molecular weight is 233 g/mol. The first-order chi connectivity index (χ1) is 7.11. The normalized spacial score (nSPS) is 12.7. The quantitative estimate of drug-likeness (QED) is 0.220. The number of oxime groups is 1. The van der Waals surface area contributed by atoms with E-state index in [2.05, 4.69) is 30.2 Å². The highest BCUT2D eigenvalue weighted by molar-refractivity contribution is 7.98. The maximum atomic E-state index is 8.44. The number of hydrogen-bond donors (Lipinski definition) is 2. The molecular formula is C10H23N3OS. The average Bonchev–Trinajstić information content (AvgIpc) is 2.22. The molecular weight excluding hydrogens is 210 g/mol. The highest BCUT2D eigenvalue weighted by Crippen LogP contribution is 2.04. The van der Waals surface area contributed by atoms with Crippen LogP contribution in [0.2, 0.25) is 0 Å². The molecule has 0 fully saturated rings. The van der Waals surface area contributed by atoms with E-state index in [0.717, 1.165) is 13.1 Å². The fraction of sp³-hybridized carbons (Fsp3) is 0.900. The third-order valence-electron chi connectivity index (χ3n) is 2.31. The van der Waals surface area contributed by atoms with Crippen molar-refractivity contribution in [2.45, 2.75) is 32.7 Å². The Hall–Kier alpha value is -0.420. The molecule has 0 aromatic carbocycles. The maximum absolute atomic E-state index is 8.44. The molecule has 0 amide bonds. The van der Waals surface area contributed by atoms with Crippen LogP contribution in [0.5, 0.6) is 0 Å². The van der Waals surface area contributed by atoms with Crippen molar-refractivity contribution in [3.05, 3.63) is 0 Å². The minimum Gasteiger partial charge on any atom is -0.409 e. The van der Waals surface area contributed by atoms with Crippen LogP contribution in [0.25, 0.3) is 0 Å². The summed E-state index contributed by atoms with van der Waals surface area (Å²) in [4.78, 5) is 2.36. The van der Waals surface area contributed by atoms with Gasteiger partial charge in [0.2, 0.25) is 0 Å². The summed E-state index contributed by atoms with van der Waals surface area (Å²) in [5.74, 6) is 1.50. The molecule has 0 atom stereocenters. The lowest BCUT2D eigenvalue weighted by Gasteiger charge is -2.26. The SMILES string of the molecule is CSCCCN(CCC(N)=NO)C(C)C. The standard InChI is InChI=1S/C10H23N3OS/c1-9(2)13(6-4-8-15-3)7-5-10(11)12-14/h9,14H,4-8H2,1-3H3,(H2,11,12). The second-order valence-electron chi connectivity index (χ2n) is 3.82. The molecule has 0 spiro atoms. The lowest BCUT2D eigenvalue weighted by Crippen LogP contribution is -2.35. The molecule has 0 heterocycles. The molecule has 0 aliphatic carbocycles. The lowest BCUT2D eigenvalue weighted by molar-refractivity contribution is 0.227. The molecule has 0 rings (SSSR count). The van der Waals surface area contributed by atoms with Crippen molar-refractivity contribution in [1.82, 2.24) is 4.90 Å². The molecule has 0 aromatic heterocycles. The van der Waals surface area contributed by atoms with Gasteiger partial charge in [0, 0.05) is 19.0 Å². The summed E-state index contributed by atoms with van der Waals surface area (Å²) in [6.45, 7) is 6.29. The molecule has 5 heteroatoms. The molecule has 0 aliphatic rings. The van der Waals surface area contributed by atoms with Crippen LogP contribution in [0, 0.1) is 0 Å². The maximum Gasteiger partial charge on any atom is 0.140 e. The third-order valence-corrected chi connectivity index (χ3v) is 3.00. The number of thioether (sulfide) groups is 1. The van der Waals surface area contributed by atoms with Gasteiger partial charge >= 0.3 is 0 Å². The van der Waals surface area contributed by atoms with Gasteiger partial charge in [-0.2, -0.15) is 11.8 Å². The molecule has 0 aliphatic heterocycles. The van der Waals surface area contributed by atoms with Gasteiger partial charge in [-0.15, -0.1) is 0 Å². The zero-order valence-electron chi connectivity index (χ0n) is 9.94. The van der Waals surface area contributed by atoms with E-state index in [1.807, 2.05) is 11.8 Å². The topological polar surface area (TPSA) is 61.8 Å². The van der Waals surface area contributed by atoms with E-state index < -0.39 is 0 Å². The van der Waals surface area contributed by atoms with Gasteiger partial charge in [0.25, 0.3) is 0 Å². The van der Waals surface area contributed by atoms with Crippen molar-refractivity contribution in [2.24, 2.45) is 10.9 Å². The van der Waals surface area contributed by atoms with E-state index in [4.69, 9.17) is 10.9 Å². The highest BCUT2D eigenvalue weighted by Gasteiger charge is 2.09. The minimum atomic E-state index is 0.311. The van der Waals surface area contributed by atoms with Crippen LogP contribution < -0.4 is 5.73 Å². The van der Waals surface area contributed by atoms with E-state index >= 15 is 0 Å².